The average Bonchev–Trinajstić information content (AvgIpc) is 2.36. The van der Waals surface area contributed by atoms with Crippen LogP contribution in [0.3, 0.4) is 0 Å². The summed E-state index contributed by atoms with van der Waals surface area (Å²) in [6.45, 7) is 0. The molecule has 1 fully saturated rings. The molecule has 118 valence electrons. The van der Waals surface area contributed by atoms with E-state index in [4.69, 9.17) is 0 Å². The number of anilines is 2. The number of aromatic nitrogens is 2. The van der Waals surface area contributed by atoms with Gasteiger partial charge in [-0.1, -0.05) is 0 Å². The molecule has 10 heteroatoms. The molecule has 6 nitrogen and oxygen atoms in total. The molecule has 0 aromatic carbocycles. The third kappa shape index (κ3) is 4.19. The first-order valence-corrected chi connectivity index (χ1v) is 8.13. The van der Waals surface area contributed by atoms with E-state index >= 15 is 0 Å². The normalized spacial score (nSPS) is 21.8. The molecule has 1 aromatic heterocycles. The van der Waals surface area contributed by atoms with Gasteiger partial charge in [0.2, 0.25) is 5.82 Å². The second kappa shape index (κ2) is 5.66. The number of halogens is 3. The molecule has 2 rings (SSSR count). The summed E-state index contributed by atoms with van der Waals surface area (Å²) in [5, 5.41) is 5.28. The molecule has 1 aromatic rings. The van der Waals surface area contributed by atoms with Gasteiger partial charge in [-0.15, -0.1) is 0 Å². The molecular formula is C11H15F3N4O2S. The van der Waals surface area contributed by atoms with Crippen molar-refractivity contribution in [1.29, 1.82) is 0 Å². The van der Waals surface area contributed by atoms with E-state index in [1.165, 1.54) is 13.1 Å². The van der Waals surface area contributed by atoms with Crippen LogP contribution in [0.25, 0.3) is 0 Å². The van der Waals surface area contributed by atoms with Gasteiger partial charge in [-0.25, -0.2) is 18.4 Å². The number of hydrogen-bond donors (Lipinski definition) is 2. The lowest BCUT2D eigenvalue weighted by Gasteiger charge is -2.23. The van der Waals surface area contributed by atoms with Crippen molar-refractivity contribution in [2.75, 3.05) is 29.2 Å². The van der Waals surface area contributed by atoms with Gasteiger partial charge >= 0.3 is 6.18 Å². The SMILES string of the molecule is CNc1cc(NC2CCCS(=O)(=O)C2)nc(C(F)(F)F)n1. The molecule has 0 radical (unpaired) electrons. The highest BCUT2D eigenvalue weighted by Gasteiger charge is 2.35. The summed E-state index contributed by atoms with van der Waals surface area (Å²) in [6.07, 6.45) is -3.61. The lowest BCUT2D eigenvalue weighted by molar-refractivity contribution is -0.144. The van der Waals surface area contributed by atoms with Crippen LogP contribution >= 0.6 is 0 Å². The van der Waals surface area contributed by atoms with Crippen molar-refractivity contribution < 1.29 is 21.6 Å². The molecule has 1 unspecified atom stereocenters. The fraction of sp³-hybridized carbons (Fsp3) is 0.636. The Labute approximate surface area is 120 Å². The van der Waals surface area contributed by atoms with Gasteiger partial charge in [0.25, 0.3) is 0 Å². The van der Waals surface area contributed by atoms with Crippen molar-refractivity contribution in [3.63, 3.8) is 0 Å². The minimum atomic E-state index is -4.66. The Kier molecular flexibility index (Phi) is 4.26. The molecule has 1 saturated heterocycles. The Balaban J connectivity index is 2.23. The van der Waals surface area contributed by atoms with Gasteiger partial charge in [0.1, 0.15) is 11.6 Å². The highest BCUT2D eigenvalue weighted by molar-refractivity contribution is 7.91. The van der Waals surface area contributed by atoms with Crippen molar-refractivity contribution in [1.82, 2.24) is 9.97 Å². The van der Waals surface area contributed by atoms with E-state index in [1.807, 2.05) is 0 Å². The zero-order valence-corrected chi connectivity index (χ0v) is 12.1. The lowest BCUT2D eigenvalue weighted by Crippen LogP contribution is -2.35. The van der Waals surface area contributed by atoms with E-state index in [9.17, 15) is 21.6 Å². The summed E-state index contributed by atoms with van der Waals surface area (Å²) in [6, 6.07) is 0.876. The molecular weight excluding hydrogens is 309 g/mol. The first kappa shape index (κ1) is 15.8. The van der Waals surface area contributed by atoms with E-state index in [2.05, 4.69) is 20.6 Å². The molecule has 0 aliphatic carbocycles. The van der Waals surface area contributed by atoms with Crippen molar-refractivity contribution in [3.05, 3.63) is 11.9 Å². The van der Waals surface area contributed by atoms with Crippen LogP contribution in [0.15, 0.2) is 6.07 Å². The van der Waals surface area contributed by atoms with Crippen LogP contribution in [0, 0.1) is 0 Å². The molecule has 0 amide bonds. The molecule has 2 heterocycles. The van der Waals surface area contributed by atoms with Gasteiger partial charge in [0, 0.05) is 19.2 Å². The summed E-state index contributed by atoms with van der Waals surface area (Å²) < 4.78 is 61.2. The van der Waals surface area contributed by atoms with Crippen LogP contribution in [0.5, 0.6) is 0 Å². The van der Waals surface area contributed by atoms with Crippen LogP contribution in [0.4, 0.5) is 24.8 Å². The minimum absolute atomic E-state index is 0.0125. The summed E-state index contributed by atoms with van der Waals surface area (Å²) >= 11 is 0. The molecule has 0 saturated carbocycles. The smallest absolute Gasteiger partial charge is 0.373 e. The Morgan fingerprint density at radius 3 is 2.52 bits per heavy atom. The summed E-state index contributed by atoms with van der Waals surface area (Å²) in [5.41, 5.74) is 0. The van der Waals surface area contributed by atoms with Crippen molar-refractivity contribution in [3.8, 4) is 0 Å². The number of hydrogen-bond acceptors (Lipinski definition) is 6. The maximum Gasteiger partial charge on any atom is 0.451 e. The van der Waals surface area contributed by atoms with Crippen LogP contribution in [0.1, 0.15) is 18.7 Å². The van der Waals surface area contributed by atoms with Crippen LogP contribution in [-0.2, 0) is 16.0 Å². The van der Waals surface area contributed by atoms with Gasteiger partial charge in [-0.3, -0.25) is 0 Å². The Bertz CT molecular complexity index is 618. The molecule has 21 heavy (non-hydrogen) atoms. The van der Waals surface area contributed by atoms with E-state index in [-0.39, 0.29) is 23.1 Å². The molecule has 0 bridgehead atoms. The topological polar surface area (TPSA) is 84.0 Å². The number of sulfone groups is 1. The Morgan fingerprint density at radius 1 is 1.29 bits per heavy atom. The maximum absolute atomic E-state index is 12.7. The highest BCUT2D eigenvalue weighted by Crippen LogP contribution is 2.28. The summed E-state index contributed by atoms with van der Waals surface area (Å²) in [5.74, 6) is -1.28. The van der Waals surface area contributed by atoms with E-state index < -0.39 is 27.9 Å². The highest BCUT2D eigenvalue weighted by atomic mass is 32.2. The van der Waals surface area contributed by atoms with Crippen molar-refractivity contribution >= 4 is 21.5 Å². The standard InChI is InChI=1S/C11H15F3N4O2S/c1-15-8-5-9(18-10(17-8)11(12,13)14)16-7-3-2-4-21(19,20)6-7/h5,7H,2-4,6H2,1H3,(H2,15,16,17,18). The number of alkyl halides is 3. The van der Waals surface area contributed by atoms with Crippen LogP contribution < -0.4 is 10.6 Å². The van der Waals surface area contributed by atoms with E-state index in [1.54, 1.807) is 0 Å². The number of nitrogens with one attached hydrogen (secondary N) is 2. The lowest BCUT2D eigenvalue weighted by atomic mass is 10.2. The quantitative estimate of drug-likeness (QED) is 0.877. The second-order valence-corrected chi connectivity index (χ2v) is 7.04. The first-order chi connectivity index (χ1) is 9.69. The van der Waals surface area contributed by atoms with Crippen LogP contribution in [0.2, 0.25) is 0 Å². The second-order valence-electron chi connectivity index (χ2n) is 4.81. The van der Waals surface area contributed by atoms with E-state index in [0.717, 1.165) is 0 Å². The van der Waals surface area contributed by atoms with Crippen molar-refractivity contribution in [2.24, 2.45) is 0 Å². The predicted octanol–water partition coefficient (Wildman–Crippen LogP) is 1.53. The Hall–Kier alpha value is -1.58. The number of rotatable bonds is 3. The van der Waals surface area contributed by atoms with Gasteiger partial charge in [0.05, 0.1) is 11.5 Å². The average molecular weight is 324 g/mol. The van der Waals surface area contributed by atoms with Gasteiger partial charge in [-0.2, -0.15) is 13.2 Å². The fourth-order valence-electron chi connectivity index (χ4n) is 2.12. The largest absolute Gasteiger partial charge is 0.451 e. The summed E-state index contributed by atoms with van der Waals surface area (Å²) in [7, 11) is -1.71. The number of nitrogens with zero attached hydrogens (tertiary/aromatic N) is 2. The predicted molar refractivity (Wildman–Crippen MR) is 71.9 cm³/mol. The first-order valence-electron chi connectivity index (χ1n) is 6.30. The van der Waals surface area contributed by atoms with E-state index in [0.29, 0.717) is 12.8 Å². The van der Waals surface area contributed by atoms with Gasteiger partial charge in [0.15, 0.2) is 9.84 Å². The molecule has 2 N–H and O–H groups in total. The molecule has 1 aliphatic rings. The zero-order valence-electron chi connectivity index (χ0n) is 11.2. The third-order valence-corrected chi connectivity index (χ3v) is 4.87. The Morgan fingerprint density at radius 2 is 1.95 bits per heavy atom. The fourth-order valence-corrected chi connectivity index (χ4v) is 3.76. The van der Waals surface area contributed by atoms with Gasteiger partial charge in [-0.05, 0) is 12.8 Å². The van der Waals surface area contributed by atoms with Gasteiger partial charge < -0.3 is 10.6 Å². The maximum atomic E-state index is 12.7. The monoisotopic (exact) mass is 324 g/mol. The zero-order chi connectivity index (χ0) is 15.7. The molecule has 0 spiro atoms. The molecule has 1 aliphatic heterocycles. The molecule has 1 atom stereocenters. The van der Waals surface area contributed by atoms with Crippen molar-refractivity contribution in [2.45, 2.75) is 25.1 Å². The minimum Gasteiger partial charge on any atom is -0.373 e. The van der Waals surface area contributed by atoms with Crippen LogP contribution in [-0.4, -0.2) is 43.0 Å². The third-order valence-electron chi connectivity index (χ3n) is 3.05. The summed E-state index contributed by atoms with van der Waals surface area (Å²) in [4.78, 5) is 6.75.